The molecule has 3 rings (SSSR count). The second-order valence-corrected chi connectivity index (χ2v) is 5.91. The minimum atomic E-state index is -0.436. The third kappa shape index (κ3) is 2.86. The standard InChI is InChI=1S/C15H20FN3O/c16-12-2-1-3-13(14(12)15(17)18-20)19(8-10-4-5-10)9-11-6-7-11/h1-3,10-11,20H,4-9H2,(H2,17,18). The zero-order valence-electron chi connectivity index (χ0n) is 11.4. The molecule has 0 atom stereocenters. The molecule has 0 heterocycles. The summed E-state index contributed by atoms with van der Waals surface area (Å²) >= 11 is 0. The second kappa shape index (κ2) is 5.31. The van der Waals surface area contributed by atoms with Crippen molar-refractivity contribution in [1.82, 2.24) is 0 Å². The molecule has 0 unspecified atom stereocenters. The number of oxime groups is 1. The first kappa shape index (κ1) is 13.2. The van der Waals surface area contributed by atoms with E-state index in [4.69, 9.17) is 10.9 Å². The molecule has 0 bridgehead atoms. The number of halogens is 1. The van der Waals surface area contributed by atoms with Crippen LogP contribution in [0, 0.1) is 17.7 Å². The van der Waals surface area contributed by atoms with Gasteiger partial charge >= 0.3 is 0 Å². The summed E-state index contributed by atoms with van der Waals surface area (Å²) < 4.78 is 14.1. The van der Waals surface area contributed by atoms with Gasteiger partial charge in [-0.1, -0.05) is 11.2 Å². The van der Waals surface area contributed by atoms with E-state index in [1.54, 1.807) is 6.07 Å². The molecule has 4 nitrogen and oxygen atoms in total. The number of hydrogen-bond donors (Lipinski definition) is 2. The summed E-state index contributed by atoms with van der Waals surface area (Å²) in [6.07, 6.45) is 4.98. The van der Waals surface area contributed by atoms with Gasteiger partial charge in [0.2, 0.25) is 0 Å². The lowest BCUT2D eigenvalue weighted by Crippen LogP contribution is -2.31. The normalized spacial score (nSPS) is 19.1. The number of rotatable bonds is 6. The molecule has 2 aliphatic rings. The van der Waals surface area contributed by atoms with Crippen LogP contribution in [-0.2, 0) is 0 Å². The van der Waals surface area contributed by atoms with Gasteiger partial charge in [-0.25, -0.2) is 4.39 Å². The van der Waals surface area contributed by atoms with Crippen molar-refractivity contribution in [2.75, 3.05) is 18.0 Å². The highest BCUT2D eigenvalue weighted by atomic mass is 19.1. The first-order chi connectivity index (χ1) is 9.69. The fraction of sp³-hybridized carbons (Fsp3) is 0.533. The first-order valence-corrected chi connectivity index (χ1v) is 7.20. The summed E-state index contributed by atoms with van der Waals surface area (Å²) in [5.41, 5.74) is 6.63. The van der Waals surface area contributed by atoms with E-state index in [0.717, 1.165) is 18.8 Å². The molecular formula is C15H20FN3O. The summed E-state index contributed by atoms with van der Waals surface area (Å²) in [5.74, 6) is 0.818. The Hall–Kier alpha value is -1.78. The van der Waals surface area contributed by atoms with Crippen molar-refractivity contribution in [2.45, 2.75) is 25.7 Å². The Kier molecular flexibility index (Phi) is 3.51. The van der Waals surface area contributed by atoms with Crippen LogP contribution in [0.4, 0.5) is 10.1 Å². The minimum absolute atomic E-state index is 0.158. The maximum atomic E-state index is 14.1. The molecule has 0 radical (unpaired) electrons. The van der Waals surface area contributed by atoms with Crippen molar-refractivity contribution in [3.05, 3.63) is 29.6 Å². The molecule has 0 spiro atoms. The lowest BCUT2D eigenvalue weighted by atomic mass is 10.1. The maximum absolute atomic E-state index is 14.1. The van der Waals surface area contributed by atoms with Crippen molar-refractivity contribution in [3.63, 3.8) is 0 Å². The smallest absolute Gasteiger partial charge is 0.175 e. The van der Waals surface area contributed by atoms with Gasteiger partial charge < -0.3 is 15.8 Å². The van der Waals surface area contributed by atoms with E-state index in [2.05, 4.69) is 10.1 Å². The topological polar surface area (TPSA) is 61.9 Å². The fourth-order valence-corrected chi connectivity index (χ4v) is 2.58. The maximum Gasteiger partial charge on any atom is 0.175 e. The SMILES string of the molecule is NC(=NO)c1c(F)cccc1N(CC1CC1)CC1CC1. The number of hydrogen-bond acceptors (Lipinski definition) is 3. The zero-order chi connectivity index (χ0) is 14.1. The molecule has 2 fully saturated rings. The van der Waals surface area contributed by atoms with Crippen molar-refractivity contribution in [3.8, 4) is 0 Å². The average molecular weight is 277 g/mol. The zero-order valence-corrected chi connectivity index (χ0v) is 11.4. The van der Waals surface area contributed by atoms with Gasteiger partial charge in [-0.3, -0.25) is 0 Å². The Bertz CT molecular complexity index is 510. The Morgan fingerprint density at radius 3 is 2.35 bits per heavy atom. The van der Waals surface area contributed by atoms with Crippen LogP contribution in [0.15, 0.2) is 23.4 Å². The number of benzene rings is 1. The highest BCUT2D eigenvalue weighted by Gasteiger charge is 2.31. The molecular weight excluding hydrogens is 257 g/mol. The van der Waals surface area contributed by atoms with Crippen LogP contribution < -0.4 is 10.6 Å². The number of amidine groups is 1. The highest BCUT2D eigenvalue weighted by molar-refractivity contribution is 6.02. The van der Waals surface area contributed by atoms with E-state index in [1.807, 2.05) is 6.07 Å². The van der Waals surface area contributed by atoms with Crippen LogP contribution in [0.5, 0.6) is 0 Å². The molecule has 0 aliphatic heterocycles. The van der Waals surface area contributed by atoms with Crippen LogP contribution in [0.2, 0.25) is 0 Å². The largest absolute Gasteiger partial charge is 0.409 e. The van der Waals surface area contributed by atoms with Gasteiger partial charge in [0.05, 0.1) is 11.3 Å². The molecule has 1 aromatic carbocycles. The summed E-state index contributed by atoms with van der Waals surface area (Å²) in [5, 5.41) is 11.9. The molecule has 2 aliphatic carbocycles. The fourth-order valence-electron chi connectivity index (χ4n) is 2.58. The van der Waals surface area contributed by atoms with E-state index in [0.29, 0.717) is 11.8 Å². The Labute approximate surface area is 118 Å². The van der Waals surface area contributed by atoms with Gasteiger partial charge in [-0.15, -0.1) is 0 Å². The van der Waals surface area contributed by atoms with Crippen molar-refractivity contribution < 1.29 is 9.60 Å². The predicted octanol–water partition coefficient (Wildman–Crippen LogP) is 2.55. The van der Waals surface area contributed by atoms with E-state index in [1.165, 1.54) is 31.7 Å². The monoisotopic (exact) mass is 277 g/mol. The van der Waals surface area contributed by atoms with Crippen LogP contribution in [0.3, 0.4) is 0 Å². The van der Waals surface area contributed by atoms with Gasteiger partial charge in [0.1, 0.15) is 5.82 Å². The Balaban J connectivity index is 1.93. The Morgan fingerprint density at radius 1 is 1.25 bits per heavy atom. The summed E-state index contributed by atoms with van der Waals surface area (Å²) in [6, 6.07) is 4.90. The second-order valence-electron chi connectivity index (χ2n) is 5.91. The first-order valence-electron chi connectivity index (χ1n) is 7.20. The highest BCUT2D eigenvalue weighted by Crippen LogP contribution is 2.37. The van der Waals surface area contributed by atoms with Crippen LogP contribution in [0.25, 0.3) is 0 Å². The summed E-state index contributed by atoms with van der Waals surface area (Å²) in [6.45, 7) is 1.87. The molecule has 1 aromatic rings. The van der Waals surface area contributed by atoms with E-state index < -0.39 is 5.82 Å². The third-order valence-electron chi connectivity index (χ3n) is 4.05. The van der Waals surface area contributed by atoms with Gasteiger partial charge in [0.25, 0.3) is 0 Å². The Morgan fingerprint density at radius 2 is 1.85 bits per heavy atom. The van der Waals surface area contributed by atoms with Crippen LogP contribution in [0.1, 0.15) is 31.2 Å². The summed E-state index contributed by atoms with van der Waals surface area (Å²) in [4.78, 5) is 2.21. The third-order valence-corrected chi connectivity index (χ3v) is 4.05. The number of nitrogens with zero attached hydrogens (tertiary/aromatic N) is 2. The van der Waals surface area contributed by atoms with Crippen molar-refractivity contribution in [1.29, 1.82) is 0 Å². The average Bonchev–Trinajstić information content (AvgIpc) is 3.32. The van der Waals surface area contributed by atoms with E-state index in [-0.39, 0.29) is 11.4 Å². The van der Waals surface area contributed by atoms with Crippen LogP contribution in [-0.4, -0.2) is 24.1 Å². The van der Waals surface area contributed by atoms with Crippen molar-refractivity contribution >= 4 is 11.5 Å². The molecule has 2 saturated carbocycles. The number of anilines is 1. The molecule has 0 amide bonds. The molecule has 3 N–H and O–H groups in total. The van der Waals surface area contributed by atoms with E-state index in [9.17, 15) is 4.39 Å². The molecule has 5 heteroatoms. The van der Waals surface area contributed by atoms with Gasteiger partial charge in [0.15, 0.2) is 5.84 Å². The van der Waals surface area contributed by atoms with Crippen LogP contribution >= 0.6 is 0 Å². The van der Waals surface area contributed by atoms with Gasteiger partial charge in [-0.05, 0) is 49.7 Å². The quantitative estimate of drug-likeness (QED) is 0.363. The molecule has 0 aromatic heterocycles. The van der Waals surface area contributed by atoms with Gasteiger partial charge in [0, 0.05) is 13.1 Å². The molecule has 0 saturated heterocycles. The molecule has 108 valence electrons. The predicted molar refractivity (Wildman–Crippen MR) is 76.6 cm³/mol. The van der Waals surface area contributed by atoms with Gasteiger partial charge in [-0.2, -0.15) is 0 Å². The van der Waals surface area contributed by atoms with Crippen molar-refractivity contribution in [2.24, 2.45) is 22.7 Å². The lowest BCUT2D eigenvalue weighted by molar-refractivity contribution is 0.318. The van der Waals surface area contributed by atoms with E-state index >= 15 is 0 Å². The minimum Gasteiger partial charge on any atom is -0.409 e. The lowest BCUT2D eigenvalue weighted by Gasteiger charge is -2.27. The summed E-state index contributed by atoms with van der Waals surface area (Å²) in [7, 11) is 0. The number of nitrogens with two attached hydrogens (primary N) is 1. The molecule has 20 heavy (non-hydrogen) atoms.